The van der Waals surface area contributed by atoms with E-state index in [1.165, 1.54) is 43.4 Å². The number of rotatable bonds is 8. The Labute approximate surface area is 279 Å². The van der Waals surface area contributed by atoms with Crippen LogP contribution in [-0.2, 0) is 18.9 Å². The van der Waals surface area contributed by atoms with E-state index in [1.54, 1.807) is 14.1 Å². The van der Waals surface area contributed by atoms with Crippen LogP contribution in [0.4, 0.5) is 4.79 Å². The van der Waals surface area contributed by atoms with Crippen LogP contribution >= 0.6 is 0 Å². The summed E-state index contributed by atoms with van der Waals surface area (Å²) in [4.78, 5) is 14.1. The van der Waals surface area contributed by atoms with Crippen LogP contribution in [0, 0.1) is 50.7 Å². The van der Waals surface area contributed by atoms with Crippen LogP contribution in [0.25, 0.3) is 0 Å². The second-order valence-corrected chi connectivity index (χ2v) is 18.5. The number of nitrogens with one attached hydrogen (secondary N) is 1. The lowest BCUT2D eigenvalue weighted by Gasteiger charge is -2.55. The van der Waals surface area contributed by atoms with Gasteiger partial charge in [0.15, 0.2) is 6.29 Å². The van der Waals surface area contributed by atoms with Crippen molar-refractivity contribution in [2.24, 2.45) is 50.7 Å². The lowest BCUT2D eigenvalue weighted by Crippen LogP contribution is -2.53. The number of nitrogens with zero attached hydrogens (tertiary/aromatic N) is 1. The van der Waals surface area contributed by atoms with Crippen molar-refractivity contribution in [3.8, 4) is 0 Å². The molecule has 46 heavy (non-hydrogen) atoms. The third-order valence-corrected chi connectivity index (χ3v) is 15.1. The Hall–Kier alpha value is -0.930. The molecule has 8 heteroatoms. The number of carbonyl (C=O) groups excluding carboxylic acids is 1. The Morgan fingerprint density at radius 3 is 2.48 bits per heavy atom. The molecule has 4 aliphatic carbocycles. The molecule has 4 saturated carbocycles. The monoisotopic (exact) mass is 646 g/mol. The lowest BCUT2D eigenvalue weighted by molar-refractivity contribution is -0.228. The normalized spacial score (nSPS) is 46.5. The molecule has 1 amide bonds. The Bertz CT molecular complexity index is 1120. The Morgan fingerprint density at radius 1 is 1.09 bits per heavy atom. The first-order valence-electron chi connectivity index (χ1n) is 18.7. The third-order valence-electron chi connectivity index (χ3n) is 15.1. The van der Waals surface area contributed by atoms with Crippen LogP contribution in [0.3, 0.4) is 0 Å². The summed E-state index contributed by atoms with van der Waals surface area (Å²) in [6, 6.07) is 0. The summed E-state index contributed by atoms with van der Waals surface area (Å²) in [5.74, 6) is 1.43. The first-order valence-corrected chi connectivity index (χ1v) is 18.7. The second kappa shape index (κ2) is 12.1. The Balaban J connectivity index is 1.18. The summed E-state index contributed by atoms with van der Waals surface area (Å²) < 4.78 is 25.5. The molecular weight excluding hydrogens is 580 g/mol. The highest BCUT2D eigenvalue weighted by Gasteiger charge is 2.75. The highest BCUT2D eigenvalue weighted by molar-refractivity contribution is 5.67. The number of hydrogen-bond donors (Lipinski definition) is 2. The summed E-state index contributed by atoms with van der Waals surface area (Å²) in [6.45, 7) is 21.0. The molecule has 0 aromatic heterocycles. The number of carbonyl (C=O) groups is 1. The Morgan fingerprint density at radius 2 is 1.83 bits per heavy atom. The van der Waals surface area contributed by atoms with E-state index in [2.05, 4.69) is 60.7 Å². The summed E-state index contributed by atoms with van der Waals surface area (Å²) >= 11 is 0. The van der Waals surface area contributed by atoms with Gasteiger partial charge in [-0.3, -0.25) is 0 Å². The molecule has 2 N–H and O–H groups in total. The zero-order valence-corrected chi connectivity index (χ0v) is 30.7. The van der Waals surface area contributed by atoms with E-state index in [0.29, 0.717) is 22.7 Å². The minimum absolute atomic E-state index is 0.0538. The fraction of sp³-hybridized carbons (Fsp3) is 0.974. The lowest BCUT2D eigenvalue weighted by atomic mass is 9.52. The fourth-order valence-corrected chi connectivity index (χ4v) is 12.1. The molecular formula is C38H66N2O6. The van der Waals surface area contributed by atoms with Gasteiger partial charge < -0.3 is 34.3 Å². The molecule has 6 rings (SSSR count). The number of aliphatic hydroxyl groups excluding tert-OH is 1. The van der Waals surface area contributed by atoms with Gasteiger partial charge in [0.1, 0.15) is 6.10 Å². The van der Waals surface area contributed by atoms with E-state index >= 15 is 0 Å². The first kappa shape index (κ1) is 34.9. The first-order chi connectivity index (χ1) is 21.5. The maximum atomic E-state index is 12.6. The molecule has 0 bridgehead atoms. The highest BCUT2D eigenvalue weighted by Crippen LogP contribution is 2.82. The van der Waals surface area contributed by atoms with Gasteiger partial charge in [0, 0.05) is 27.2 Å². The molecule has 6 fully saturated rings. The maximum absolute atomic E-state index is 12.6. The van der Waals surface area contributed by atoms with Gasteiger partial charge in [-0.05, 0) is 102 Å². The molecule has 7 unspecified atom stereocenters. The number of fused-ring (bicyclic) bond motifs is 1. The second-order valence-electron chi connectivity index (χ2n) is 18.5. The highest BCUT2D eigenvalue weighted by atomic mass is 16.7. The predicted molar refractivity (Wildman–Crippen MR) is 179 cm³/mol. The van der Waals surface area contributed by atoms with Crippen LogP contribution in [0.2, 0.25) is 0 Å². The molecule has 2 heterocycles. The van der Waals surface area contributed by atoms with Crippen molar-refractivity contribution in [1.82, 2.24) is 10.2 Å². The van der Waals surface area contributed by atoms with E-state index < -0.39 is 6.10 Å². The number of hydrogen-bond acceptors (Lipinski definition) is 7. The van der Waals surface area contributed by atoms with Gasteiger partial charge in [0.2, 0.25) is 0 Å². The molecule has 2 aliphatic heterocycles. The van der Waals surface area contributed by atoms with Crippen molar-refractivity contribution in [1.29, 1.82) is 0 Å². The van der Waals surface area contributed by atoms with Gasteiger partial charge in [-0.2, -0.15) is 0 Å². The van der Waals surface area contributed by atoms with Crippen molar-refractivity contribution in [3.05, 3.63) is 0 Å². The topological polar surface area (TPSA) is 89.5 Å². The molecule has 0 aromatic rings. The van der Waals surface area contributed by atoms with Gasteiger partial charge in [-0.15, -0.1) is 0 Å². The van der Waals surface area contributed by atoms with Crippen molar-refractivity contribution >= 4 is 6.09 Å². The minimum Gasteiger partial charge on any atom is -0.443 e. The molecule has 8 nitrogen and oxygen atoms in total. The average molecular weight is 647 g/mol. The molecule has 0 aromatic carbocycles. The summed E-state index contributed by atoms with van der Waals surface area (Å²) in [5, 5.41) is 15.4. The third kappa shape index (κ3) is 5.38. The summed E-state index contributed by atoms with van der Waals surface area (Å²) in [7, 11) is 3.44. The molecule has 2 saturated heterocycles. The molecule has 6 aliphatic rings. The summed E-state index contributed by atoms with van der Waals surface area (Å²) in [6.07, 6.45) is 9.34. The number of aliphatic hydroxyl groups is 1. The minimum atomic E-state index is -0.558. The van der Waals surface area contributed by atoms with Crippen molar-refractivity contribution in [2.75, 3.05) is 33.8 Å². The average Bonchev–Trinajstić information content (AvgIpc) is 3.64. The van der Waals surface area contributed by atoms with Crippen molar-refractivity contribution < 1.29 is 28.8 Å². The van der Waals surface area contributed by atoms with Crippen LogP contribution in [0.5, 0.6) is 0 Å². The van der Waals surface area contributed by atoms with Crippen LogP contribution in [0.1, 0.15) is 113 Å². The largest absolute Gasteiger partial charge is 0.443 e. The predicted octanol–water partition coefficient (Wildman–Crippen LogP) is 6.63. The van der Waals surface area contributed by atoms with E-state index in [1.807, 2.05) is 0 Å². The maximum Gasteiger partial charge on any atom is 0.409 e. The fourth-order valence-electron chi connectivity index (χ4n) is 12.1. The molecule has 1 spiro atoms. The number of morpholine rings is 1. The van der Waals surface area contributed by atoms with Gasteiger partial charge >= 0.3 is 6.09 Å². The van der Waals surface area contributed by atoms with Crippen LogP contribution in [-0.4, -0.2) is 86.7 Å². The number of amides is 1. The smallest absolute Gasteiger partial charge is 0.409 e. The quantitative estimate of drug-likeness (QED) is 0.306. The van der Waals surface area contributed by atoms with Crippen molar-refractivity contribution in [3.63, 3.8) is 0 Å². The molecule has 12 atom stereocenters. The molecule has 0 radical (unpaired) electrons. The van der Waals surface area contributed by atoms with E-state index in [9.17, 15) is 9.90 Å². The van der Waals surface area contributed by atoms with E-state index in [-0.39, 0.29) is 64.9 Å². The zero-order valence-electron chi connectivity index (χ0n) is 30.7. The van der Waals surface area contributed by atoms with Crippen molar-refractivity contribution in [2.45, 2.75) is 150 Å². The van der Waals surface area contributed by atoms with Crippen LogP contribution < -0.4 is 5.32 Å². The standard InChI is InChI=1S/C38H66N2O6/c1-23(2)30(46-33(42)40(9)10)25-20-24(3)29-31(44-25)32(41)35(6,7)36(29,8)16-17-37-14-11-12-26-34(4,5)27(13-15-38(26,37)22-37)45-28-21-39-18-19-43-28/h23-32,39,41H,11-22H2,1-10H3/t24-,25?,26+,27?,28+,29+,30?,31?,32+,36?,37?,38?/m1/s1. The number of ether oxygens (including phenoxy) is 4. The molecule has 264 valence electrons. The summed E-state index contributed by atoms with van der Waals surface area (Å²) in [5.41, 5.74) is 0.626. The SMILES string of the molecule is CC(C)C(OC(=O)N(C)C)C1C[C@@H](C)[C@H]2C(O1)[C@H](O)C(C)(C)C2(C)CCC12CCC[C@H]3C(C)(C)C(O[C@H]4CNCCO4)CCC31C2. The zero-order chi connectivity index (χ0) is 33.4. The van der Waals surface area contributed by atoms with E-state index in [4.69, 9.17) is 18.9 Å². The Kier molecular flexibility index (Phi) is 9.21. The van der Waals surface area contributed by atoms with Gasteiger partial charge in [-0.25, -0.2) is 4.79 Å². The van der Waals surface area contributed by atoms with Gasteiger partial charge in [-0.1, -0.05) is 61.8 Å². The van der Waals surface area contributed by atoms with Gasteiger partial charge in [0.05, 0.1) is 31.0 Å². The van der Waals surface area contributed by atoms with Crippen LogP contribution in [0.15, 0.2) is 0 Å². The van der Waals surface area contributed by atoms with E-state index in [0.717, 1.165) is 39.0 Å². The van der Waals surface area contributed by atoms with Gasteiger partial charge in [0.25, 0.3) is 0 Å².